The van der Waals surface area contributed by atoms with Gasteiger partial charge < -0.3 is 19.9 Å². The Morgan fingerprint density at radius 1 is 1.12 bits per heavy atom. The molecule has 0 aliphatic rings. The van der Waals surface area contributed by atoms with Crippen molar-refractivity contribution < 1.29 is 19.1 Å². The fraction of sp³-hybridized carbons (Fsp3) is 0.500. The van der Waals surface area contributed by atoms with E-state index in [1.807, 2.05) is 14.1 Å². The molecular formula is C18H27N3O4. The lowest BCUT2D eigenvalue weighted by Gasteiger charge is -2.21. The molecule has 7 heteroatoms. The summed E-state index contributed by atoms with van der Waals surface area (Å²) in [5.74, 6) is -0.708. The minimum Gasteiger partial charge on any atom is -0.465 e. The Labute approximate surface area is 148 Å². The molecule has 0 saturated heterocycles. The number of amides is 2. The summed E-state index contributed by atoms with van der Waals surface area (Å²) in [6.45, 7) is 3.38. The molecule has 1 N–H and O–H groups in total. The van der Waals surface area contributed by atoms with Gasteiger partial charge in [-0.1, -0.05) is 6.07 Å². The van der Waals surface area contributed by atoms with Crippen LogP contribution in [-0.2, 0) is 14.3 Å². The van der Waals surface area contributed by atoms with Crippen LogP contribution in [0, 0.1) is 0 Å². The molecule has 0 bridgehead atoms. The van der Waals surface area contributed by atoms with Crippen LogP contribution in [0.15, 0.2) is 24.3 Å². The van der Waals surface area contributed by atoms with Gasteiger partial charge in [-0.25, -0.2) is 4.79 Å². The smallest absolute Gasteiger partial charge is 0.337 e. The molecule has 7 nitrogen and oxygen atoms in total. The van der Waals surface area contributed by atoms with Gasteiger partial charge in [0.05, 0.1) is 12.7 Å². The van der Waals surface area contributed by atoms with Gasteiger partial charge in [0.1, 0.15) is 0 Å². The number of anilines is 1. The van der Waals surface area contributed by atoms with Crippen molar-refractivity contribution in [2.75, 3.05) is 46.2 Å². The van der Waals surface area contributed by atoms with E-state index >= 15 is 0 Å². The number of esters is 1. The molecule has 1 aromatic rings. The summed E-state index contributed by atoms with van der Waals surface area (Å²) in [6, 6.07) is 6.54. The highest BCUT2D eigenvalue weighted by atomic mass is 16.5. The van der Waals surface area contributed by atoms with Crippen LogP contribution in [0.25, 0.3) is 0 Å². The number of hydrogen-bond donors (Lipinski definition) is 1. The average Bonchev–Trinajstić information content (AvgIpc) is 2.56. The van der Waals surface area contributed by atoms with Crippen LogP contribution < -0.4 is 5.32 Å². The van der Waals surface area contributed by atoms with Crippen molar-refractivity contribution in [3.63, 3.8) is 0 Å². The first-order chi connectivity index (χ1) is 11.8. The molecule has 2 amide bonds. The summed E-state index contributed by atoms with van der Waals surface area (Å²) in [4.78, 5) is 39.0. The molecule has 0 heterocycles. The maximum atomic E-state index is 12.1. The van der Waals surface area contributed by atoms with Crippen LogP contribution in [0.1, 0.15) is 30.1 Å². The summed E-state index contributed by atoms with van der Waals surface area (Å²) in [7, 11) is 5.27. The Bertz CT molecular complexity index is 602. The zero-order valence-electron chi connectivity index (χ0n) is 15.4. The quantitative estimate of drug-likeness (QED) is 0.685. The van der Waals surface area contributed by atoms with Crippen molar-refractivity contribution in [1.29, 1.82) is 0 Å². The van der Waals surface area contributed by atoms with Gasteiger partial charge in [-0.05, 0) is 45.3 Å². The molecule has 0 aromatic heterocycles. The predicted molar refractivity (Wildman–Crippen MR) is 96.5 cm³/mol. The largest absolute Gasteiger partial charge is 0.465 e. The lowest BCUT2D eigenvalue weighted by atomic mass is 10.2. The van der Waals surface area contributed by atoms with E-state index in [1.165, 1.54) is 14.0 Å². The summed E-state index contributed by atoms with van der Waals surface area (Å²) in [5.41, 5.74) is 0.893. The third kappa shape index (κ3) is 7.80. The van der Waals surface area contributed by atoms with Crippen LogP contribution in [0.4, 0.5) is 5.69 Å². The SMILES string of the molecule is COC(=O)c1cccc(NC(=O)CCN(CCCN(C)C)C(C)=O)c1. The molecule has 0 saturated carbocycles. The second-order valence-electron chi connectivity index (χ2n) is 6.03. The predicted octanol–water partition coefficient (Wildman–Crippen LogP) is 1.60. The van der Waals surface area contributed by atoms with Crippen molar-refractivity contribution in [2.45, 2.75) is 19.8 Å². The van der Waals surface area contributed by atoms with Gasteiger partial charge in [0.25, 0.3) is 0 Å². The number of ether oxygens (including phenoxy) is 1. The van der Waals surface area contributed by atoms with Gasteiger partial charge in [-0.15, -0.1) is 0 Å². The number of hydrogen-bond acceptors (Lipinski definition) is 5. The molecule has 25 heavy (non-hydrogen) atoms. The molecule has 0 aliphatic carbocycles. The van der Waals surface area contributed by atoms with Crippen LogP contribution in [0.5, 0.6) is 0 Å². The topological polar surface area (TPSA) is 79.0 Å². The lowest BCUT2D eigenvalue weighted by molar-refractivity contribution is -0.129. The molecular weight excluding hydrogens is 322 g/mol. The van der Waals surface area contributed by atoms with Crippen LogP contribution in [-0.4, -0.2) is 68.4 Å². The second kappa shape index (κ2) is 10.5. The Hall–Kier alpha value is -2.41. The van der Waals surface area contributed by atoms with E-state index in [1.54, 1.807) is 29.2 Å². The Kier molecular flexibility index (Phi) is 8.63. The molecule has 0 spiro atoms. The number of nitrogens with zero attached hydrogens (tertiary/aromatic N) is 2. The van der Waals surface area contributed by atoms with E-state index < -0.39 is 5.97 Å². The molecule has 138 valence electrons. The van der Waals surface area contributed by atoms with Gasteiger partial charge in [0, 0.05) is 32.1 Å². The average molecular weight is 349 g/mol. The summed E-state index contributed by atoms with van der Waals surface area (Å²) in [6.07, 6.45) is 1.05. The normalized spacial score (nSPS) is 10.4. The van der Waals surface area contributed by atoms with Gasteiger partial charge >= 0.3 is 5.97 Å². The summed E-state index contributed by atoms with van der Waals surface area (Å²) >= 11 is 0. The first kappa shape index (κ1) is 20.6. The third-order valence-corrected chi connectivity index (χ3v) is 3.65. The van der Waals surface area contributed by atoms with Crippen molar-refractivity contribution in [3.8, 4) is 0 Å². The van der Waals surface area contributed by atoms with Crippen molar-refractivity contribution in [2.24, 2.45) is 0 Å². The maximum Gasteiger partial charge on any atom is 0.337 e. The van der Waals surface area contributed by atoms with E-state index in [0.29, 0.717) is 24.3 Å². The summed E-state index contributed by atoms with van der Waals surface area (Å²) < 4.78 is 4.66. The molecule has 0 atom stereocenters. The number of rotatable bonds is 9. The molecule has 0 unspecified atom stereocenters. The van der Waals surface area contributed by atoms with E-state index in [4.69, 9.17) is 0 Å². The molecule has 1 rings (SSSR count). The van der Waals surface area contributed by atoms with Crippen LogP contribution >= 0.6 is 0 Å². The number of methoxy groups -OCH3 is 1. The summed E-state index contributed by atoms with van der Waals surface area (Å²) in [5, 5.41) is 2.74. The molecule has 0 aliphatic heterocycles. The van der Waals surface area contributed by atoms with E-state index in [0.717, 1.165) is 13.0 Å². The lowest BCUT2D eigenvalue weighted by Crippen LogP contribution is -2.34. The Morgan fingerprint density at radius 2 is 1.84 bits per heavy atom. The highest BCUT2D eigenvalue weighted by Crippen LogP contribution is 2.12. The highest BCUT2D eigenvalue weighted by molar-refractivity contribution is 5.94. The molecule has 0 radical (unpaired) electrons. The number of carbonyl (C=O) groups excluding carboxylic acids is 3. The standard InChI is InChI=1S/C18H27N3O4/c1-14(22)21(11-6-10-20(2)3)12-9-17(23)19-16-8-5-7-15(13-16)18(24)25-4/h5,7-8,13H,6,9-12H2,1-4H3,(H,19,23). The fourth-order valence-electron chi connectivity index (χ4n) is 2.31. The maximum absolute atomic E-state index is 12.1. The first-order valence-corrected chi connectivity index (χ1v) is 8.22. The monoisotopic (exact) mass is 349 g/mol. The van der Waals surface area contributed by atoms with Crippen molar-refractivity contribution in [1.82, 2.24) is 9.80 Å². The van der Waals surface area contributed by atoms with Gasteiger partial charge in [-0.2, -0.15) is 0 Å². The van der Waals surface area contributed by atoms with E-state index in [-0.39, 0.29) is 18.2 Å². The van der Waals surface area contributed by atoms with Crippen LogP contribution in [0.3, 0.4) is 0 Å². The molecule has 1 aromatic carbocycles. The Morgan fingerprint density at radius 3 is 2.44 bits per heavy atom. The number of benzene rings is 1. The Balaban J connectivity index is 2.52. The minimum atomic E-state index is -0.459. The second-order valence-corrected chi connectivity index (χ2v) is 6.03. The zero-order chi connectivity index (χ0) is 18.8. The van der Waals surface area contributed by atoms with Gasteiger partial charge in [-0.3, -0.25) is 9.59 Å². The van der Waals surface area contributed by atoms with E-state index in [9.17, 15) is 14.4 Å². The van der Waals surface area contributed by atoms with Gasteiger partial charge in [0.2, 0.25) is 11.8 Å². The fourth-order valence-corrected chi connectivity index (χ4v) is 2.31. The van der Waals surface area contributed by atoms with E-state index in [2.05, 4.69) is 15.0 Å². The van der Waals surface area contributed by atoms with Crippen molar-refractivity contribution >= 4 is 23.5 Å². The molecule has 0 fully saturated rings. The zero-order valence-corrected chi connectivity index (χ0v) is 15.4. The number of carbonyl (C=O) groups is 3. The first-order valence-electron chi connectivity index (χ1n) is 8.22. The van der Waals surface area contributed by atoms with Crippen LogP contribution in [0.2, 0.25) is 0 Å². The van der Waals surface area contributed by atoms with Gasteiger partial charge in [0.15, 0.2) is 0 Å². The number of nitrogens with one attached hydrogen (secondary N) is 1. The van der Waals surface area contributed by atoms with Crippen molar-refractivity contribution in [3.05, 3.63) is 29.8 Å². The highest BCUT2D eigenvalue weighted by Gasteiger charge is 2.12. The third-order valence-electron chi connectivity index (χ3n) is 3.65. The minimum absolute atomic E-state index is 0.0424.